The third-order valence-electron chi connectivity index (χ3n) is 4.06. The van der Waals surface area contributed by atoms with Crippen molar-refractivity contribution < 1.29 is 8.42 Å². The third kappa shape index (κ3) is 4.93. The maximum absolute atomic E-state index is 12.9. The Morgan fingerprint density at radius 2 is 2.00 bits per heavy atom. The second-order valence-electron chi connectivity index (χ2n) is 6.16. The van der Waals surface area contributed by atoms with Gasteiger partial charge in [-0.25, -0.2) is 8.42 Å². The van der Waals surface area contributed by atoms with Crippen molar-refractivity contribution in [2.75, 3.05) is 43.9 Å². The van der Waals surface area contributed by atoms with E-state index in [0.717, 1.165) is 24.9 Å². The zero-order valence-corrected chi connectivity index (χ0v) is 16.4. The van der Waals surface area contributed by atoms with Crippen molar-refractivity contribution in [2.45, 2.75) is 24.2 Å². The number of anilines is 2. The minimum Gasteiger partial charge on any atom is -0.376 e. The van der Waals surface area contributed by atoms with Crippen LogP contribution in [-0.2, 0) is 10.0 Å². The van der Waals surface area contributed by atoms with Gasteiger partial charge >= 0.3 is 0 Å². The van der Waals surface area contributed by atoms with Crippen LogP contribution in [0.5, 0.6) is 0 Å². The molecule has 1 saturated heterocycles. The van der Waals surface area contributed by atoms with Crippen LogP contribution in [0.4, 0.5) is 11.4 Å². The number of hydrogen-bond acceptors (Lipinski definition) is 4. The molecule has 25 heavy (non-hydrogen) atoms. The number of nitrogens with zero attached hydrogens (tertiary/aromatic N) is 2. The van der Waals surface area contributed by atoms with Gasteiger partial charge in [-0.3, -0.25) is 0 Å². The zero-order chi connectivity index (χ0) is 18.4. The molecule has 2 N–H and O–H groups in total. The lowest BCUT2D eigenvalue weighted by molar-refractivity contribution is 0.346. The molecule has 1 aliphatic heterocycles. The van der Waals surface area contributed by atoms with Crippen molar-refractivity contribution >= 4 is 38.7 Å². The van der Waals surface area contributed by atoms with Gasteiger partial charge in [-0.2, -0.15) is 4.31 Å². The Kier molecular flexibility index (Phi) is 6.80. The first-order valence-corrected chi connectivity index (χ1v) is 10.2. The van der Waals surface area contributed by atoms with Gasteiger partial charge < -0.3 is 15.5 Å². The van der Waals surface area contributed by atoms with Gasteiger partial charge in [0.15, 0.2) is 5.11 Å². The van der Waals surface area contributed by atoms with E-state index in [-0.39, 0.29) is 4.90 Å². The number of hydrogen-bond donors (Lipinski definition) is 2. The maximum Gasteiger partial charge on any atom is 0.243 e. The first kappa shape index (κ1) is 19.7. The van der Waals surface area contributed by atoms with Crippen molar-refractivity contribution in [3.8, 4) is 0 Å². The summed E-state index contributed by atoms with van der Waals surface area (Å²) in [6, 6.07) is 5.11. The van der Waals surface area contributed by atoms with Crippen LogP contribution in [0, 0.1) is 0 Å². The van der Waals surface area contributed by atoms with Gasteiger partial charge in [-0.15, -0.1) is 6.58 Å². The molecule has 0 aliphatic carbocycles. The van der Waals surface area contributed by atoms with E-state index >= 15 is 0 Å². The summed E-state index contributed by atoms with van der Waals surface area (Å²) < 4.78 is 27.4. The van der Waals surface area contributed by atoms with Crippen molar-refractivity contribution in [3.63, 3.8) is 0 Å². The van der Waals surface area contributed by atoms with Gasteiger partial charge in [0.1, 0.15) is 0 Å². The van der Waals surface area contributed by atoms with Crippen LogP contribution in [0.3, 0.4) is 0 Å². The molecule has 8 heteroatoms. The Hall–Kier alpha value is -1.64. The van der Waals surface area contributed by atoms with Gasteiger partial charge in [0.05, 0.1) is 16.3 Å². The van der Waals surface area contributed by atoms with Gasteiger partial charge in [0, 0.05) is 33.7 Å². The van der Waals surface area contributed by atoms with Crippen molar-refractivity contribution in [3.05, 3.63) is 30.9 Å². The van der Waals surface area contributed by atoms with E-state index in [1.807, 2.05) is 19.0 Å². The molecule has 0 atom stereocenters. The first-order valence-electron chi connectivity index (χ1n) is 8.33. The number of sulfonamides is 1. The van der Waals surface area contributed by atoms with E-state index < -0.39 is 10.0 Å². The quantitative estimate of drug-likeness (QED) is 0.582. The molecule has 1 aromatic carbocycles. The molecule has 1 aromatic rings. The number of piperidine rings is 1. The molecule has 1 aliphatic rings. The molecule has 0 aromatic heterocycles. The topological polar surface area (TPSA) is 64.7 Å². The molecular weight excluding hydrogens is 356 g/mol. The summed E-state index contributed by atoms with van der Waals surface area (Å²) in [7, 11) is 0.320. The molecule has 138 valence electrons. The van der Waals surface area contributed by atoms with Crippen LogP contribution in [0.15, 0.2) is 35.7 Å². The Morgan fingerprint density at radius 1 is 1.32 bits per heavy atom. The summed E-state index contributed by atoms with van der Waals surface area (Å²) in [4.78, 5) is 2.20. The lowest BCUT2D eigenvalue weighted by Crippen LogP contribution is -2.35. The number of nitrogens with one attached hydrogen (secondary N) is 2. The highest BCUT2D eigenvalue weighted by Crippen LogP contribution is 2.30. The normalized spacial score (nSPS) is 15.4. The van der Waals surface area contributed by atoms with Crippen LogP contribution in [0.1, 0.15) is 19.3 Å². The lowest BCUT2D eigenvalue weighted by atomic mass is 10.2. The van der Waals surface area contributed by atoms with Gasteiger partial charge in [-0.05, 0) is 43.3 Å². The molecule has 0 spiro atoms. The summed E-state index contributed by atoms with van der Waals surface area (Å²) in [5, 5.41) is 6.51. The predicted octanol–water partition coefficient (Wildman–Crippen LogP) is 2.40. The summed E-state index contributed by atoms with van der Waals surface area (Å²) in [5.74, 6) is 0. The number of thiocarbonyl (C=S) groups is 1. The number of benzene rings is 1. The fraction of sp³-hybridized carbons (Fsp3) is 0.471. The summed E-state index contributed by atoms with van der Waals surface area (Å²) in [5.41, 5.74) is 1.52. The van der Waals surface area contributed by atoms with E-state index in [0.29, 0.717) is 30.4 Å². The van der Waals surface area contributed by atoms with Gasteiger partial charge in [0.25, 0.3) is 0 Å². The summed E-state index contributed by atoms with van der Waals surface area (Å²) in [6.07, 6.45) is 4.62. The predicted molar refractivity (Wildman–Crippen MR) is 108 cm³/mol. The Labute approximate surface area is 155 Å². The molecule has 0 unspecified atom stereocenters. The summed E-state index contributed by atoms with van der Waals surface area (Å²) >= 11 is 5.26. The second kappa shape index (κ2) is 8.64. The van der Waals surface area contributed by atoms with E-state index in [4.69, 9.17) is 12.2 Å². The highest BCUT2D eigenvalue weighted by Gasteiger charge is 2.26. The molecule has 2 rings (SSSR count). The largest absolute Gasteiger partial charge is 0.376 e. The molecular formula is C17H26N4O2S2. The average Bonchev–Trinajstić information content (AvgIpc) is 2.60. The SMILES string of the molecule is C=CCNC(=S)Nc1cc(S(=O)(=O)N2CCCCC2)ccc1N(C)C. The molecule has 1 heterocycles. The lowest BCUT2D eigenvalue weighted by Gasteiger charge is -2.27. The summed E-state index contributed by atoms with van der Waals surface area (Å²) in [6.45, 7) is 5.34. The highest BCUT2D eigenvalue weighted by molar-refractivity contribution is 7.89. The van der Waals surface area contributed by atoms with Crippen LogP contribution in [0.25, 0.3) is 0 Å². The molecule has 0 radical (unpaired) electrons. The zero-order valence-electron chi connectivity index (χ0n) is 14.8. The minimum atomic E-state index is -3.48. The van der Waals surface area contributed by atoms with E-state index in [1.165, 1.54) is 0 Å². The fourth-order valence-corrected chi connectivity index (χ4v) is 4.49. The van der Waals surface area contributed by atoms with E-state index in [2.05, 4.69) is 17.2 Å². The van der Waals surface area contributed by atoms with Crippen LogP contribution in [-0.4, -0.2) is 51.6 Å². The standard InChI is InChI=1S/C17H26N4O2S2/c1-4-10-18-17(24)19-15-13-14(8-9-16(15)20(2)3)25(22,23)21-11-6-5-7-12-21/h4,8-9,13H,1,5-7,10-12H2,2-3H3,(H2,18,19,24). The van der Waals surface area contributed by atoms with E-state index in [9.17, 15) is 8.42 Å². The Balaban J connectivity index is 2.32. The minimum absolute atomic E-state index is 0.286. The van der Waals surface area contributed by atoms with Crippen LogP contribution >= 0.6 is 12.2 Å². The van der Waals surface area contributed by atoms with E-state index in [1.54, 1.807) is 28.6 Å². The third-order valence-corrected chi connectivity index (χ3v) is 6.20. The average molecular weight is 383 g/mol. The van der Waals surface area contributed by atoms with Gasteiger partial charge in [0.2, 0.25) is 10.0 Å². The molecule has 0 amide bonds. The Bertz CT molecular complexity index is 726. The Morgan fingerprint density at radius 3 is 2.60 bits per heavy atom. The van der Waals surface area contributed by atoms with Crippen molar-refractivity contribution in [1.82, 2.24) is 9.62 Å². The first-order chi connectivity index (χ1) is 11.9. The van der Waals surface area contributed by atoms with Crippen molar-refractivity contribution in [2.24, 2.45) is 0 Å². The fourth-order valence-electron chi connectivity index (χ4n) is 2.75. The monoisotopic (exact) mass is 382 g/mol. The van der Waals surface area contributed by atoms with Crippen LogP contribution < -0.4 is 15.5 Å². The van der Waals surface area contributed by atoms with Crippen molar-refractivity contribution in [1.29, 1.82) is 0 Å². The maximum atomic E-state index is 12.9. The second-order valence-corrected chi connectivity index (χ2v) is 8.51. The highest BCUT2D eigenvalue weighted by atomic mass is 32.2. The number of rotatable bonds is 6. The molecule has 6 nitrogen and oxygen atoms in total. The smallest absolute Gasteiger partial charge is 0.243 e. The van der Waals surface area contributed by atoms with Crippen LogP contribution in [0.2, 0.25) is 0 Å². The molecule has 1 fully saturated rings. The molecule has 0 saturated carbocycles. The van der Waals surface area contributed by atoms with Gasteiger partial charge in [-0.1, -0.05) is 12.5 Å². The molecule has 0 bridgehead atoms.